The van der Waals surface area contributed by atoms with Crippen molar-refractivity contribution in [1.29, 1.82) is 0 Å². The first-order valence-corrected chi connectivity index (χ1v) is 12.5. The minimum absolute atomic E-state index is 0.0208. The van der Waals surface area contributed by atoms with Gasteiger partial charge in [0.15, 0.2) is 0 Å². The number of benzene rings is 3. The molecule has 1 aliphatic heterocycles. The zero-order valence-corrected chi connectivity index (χ0v) is 21.2. The van der Waals surface area contributed by atoms with E-state index in [4.69, 9.17) is 4.74 Å². The number of nitrogens with one attached hydrogen (secondary N) is 1. The fraction of sp³-hybridized carbons (Fsp3) is 0.267. The molecule has 2 N–H and O–H groups in total. The predicted octanol–water partition coefficient (Wildman–Crippen LogP) is 5.65. The largest absolute Gasteiger partial charge is 0.493 e. The van der Waals surface area contributed by atoms with E-state index in [0.29, 0.717) is 56.0 Å². The van der Waals surface area contributed by atoms with Crippen LogP contribution in [0.15, 0.2) is 72.4 Å². The Morgan fingerprint density at radius 2 is 1.76 bits per heavy atom. The Balaban J connectivity index is 1.48. The van der Waals surface area contributed by atoms with Gasteiger partial charge < -0.3 is 20.1 Å². The van der Waals surface area contributed by atoms with Crippen molar-refractivity contribution < 1.29 is 28.2 Å². The van der Waals surface area contributed by atoms with Gasteiger partial charge in [-0.1, -0.05) is 30.3 Å². The first kappa shape index (κ1) is 26.9. The number of hydrogen-bond acceptors (Lipinski definition) is 4. The lowest BCUT2D eigenvalue weighted by Gasteiger charge is -2.33. The number of nitrogens with zero attached hydrogens (tertiary/aromatic N) is 1. The molecule has 0 aromatic heterocycles. The maximum Gasteiger partial charge on any atom is 0.303 e. The summed E-state index contributed by atoms with van der Waals surface area (Å²) < 4.78 is 33.9. The van der Waals surface area contributed by atoms with E-state index in [-0.39, 0.29) is 12.3 Å². The molecule has 0 aliphatic carbocycles. The molecule has 8 heteroatoms. The van der Waals surface area contributed by atoms with E-state index in [0.717, 1.165) is 28.5 Å². The summed E-state index contributed by atoms with van der Waals surface area (Å²) in [6.07, 6.45) is 3.22. The maximum atomic E-state index is 13.9. The lowest BCUT2D eigenvalue weighted by atomic mass is 9.91. The Morgan fingerprint density at radius 1 is 1.03 bits per heavy atom. The molecular formula is C30H30F2N2O4. The van der Waals surface area contributed by atoms with Crippen LogP contribution in [0.2, 0.25) is 0 Å². The lowest BCUT2D eigenvalue weighted by Crippen LogP contribution is -2.32. The van der Waals surface area contributed by atoms with Crippen molar-refractivity contribution in [2.75, 3.05) is 18.1 Å². The molecule has 38 heavy (non-hydrogen) atoms. The van der Waals surface area contributed by atoms with Gasteiger partial charge in [0.1, 0.15) is 17.4 Å². The van der Waals surface area contributed by atoms with Crippen LogP contribution < -0.4 is 15.0 Å². The highest BCUT2D eigenvalue weighted by atomic mass is 19.1. The van der Waals surface area contributed by atoms with Crippen LogP contribution in [-0.4, -0.2) is 30.1 Å². The number of carboxylic acids is 1. The number of carboxylic acid groups (broad SMARTS) is 1. The van der Waals surface area contributed by atoms with E-state index in [1.807, 2.05) is 48.2 Å². The molecule has 0 spiro atoms. The molecular weight excluding hydrogens is 490 g/mol. The summed E-state index contributed by atoms with van der Waals surface area (Å²) in [4.78, 5) is 25.6. The van der Waals surface area contributed by atoms with Crippen LogP contribution >= 0.6 is 0 Å². The van der Waals surface area contributed by atoms with Gasteiger partial charge in [0.05, 0.1) is 6.61 Å². The zero-order chi connectivity index (χ0) is 27.1. The van der Waals surface area contributed by atoms with Crippen LogP contribution in [0.4, 0.5) is 14.5 Å². The number of rotatable bonds is 10. The Kier molecular flexibility index (Phi) is 8.73. The summed E-state index contributed by atoms with van der Waals surface area (Å²) in [5, 5.41) is 12.1. The normalized spacial score (nSPS) is 13.1. The predicted molar refractivity (Wildman–Crippen MR) is 141 cm³/mol. The van der Waals surface area contributed by atoms with Crippen molar-refractivity contribution in [3.05, 3.63) is 106 Å². The Hall–Kier alpha value is -4.20. The Labute approximate surface area is 220 Å². The van der Waals surface area contributed by atoms with Crippen LogP contribution in [0.3, 0.4) is 0 Å². The van der Waals surface area contributed by atoms with Crippen molar-refractivity contribution in [2.24, 2.45) is 0 Å². The van der Waals surface area contributed by atoms with Crippen LogP contribution in [0.5, 0.6) is 5.75 Å². The monoisotopic (exact) mass is 520 g/mol. The number of amides is 1. The van der Waals surface area contributed by atoms with Gasteiger partial charge in [-0.2, -0.15) is 0 Å². The molecule has 4 rings (SSSR count). The van der Waals surface area contributed by atoms with E-state index < -0.39 is 17.6 Å². The number of aliphatic carboxylic acids is 1. The number of fused-ring (bicyclic) bond motifs is 1. The Bertz CT molecular complexity index is 1320. The second kappa shape index (κ2) is 12.4. The standard InChI is InChI=1S/C30H30F2N2O4/c1-2-24(33-30(37)21-6-4-3-5-7-21)13-15-38-28-10-8-20(9-11-29(35)36)27-19-34(14-12-26(27)28)25-17-22(31)16-23(32)18-25/h2-8,10,16-18H,9,11-15,19H2,1H3,(H,33,37)(H,35,36)/b24-2+. The highest BCUT2D eigenvalue weighted by molar-refractivity contribution is 5.95. The molecule has 0 radical (unpaired) electrons. The number of aryl methyl sites for hydroxylation is 1. The minimum Gasteiger partial charge on any atom is -0.493 e. The molecule has 6 nitrogen and oxygen atoms in total. The second-order valence-corrected chi connectivity index (χ2v) is 9.11. The topological polar surface area (TPSA) is 78.9 Å². The van der Waals surface area contributed by atoms with Crippen LogP contribution in [-0.2, 0) is 24.2 Å². The highest BCUT2D eigenvalue weighted by Crippen LogP contribution is 2.34. The van der Waals surface area contributed by atoms with Gasteiger partial charge in [0, 0.05) is 54.5 Å². The van der Waals surface area contributed by atoms with E-state index in [9.17, 15) is 23.5 Å². The quantitative estimate of drug-likeness (QED) is 0.361. The third kappa shape index (κ3) is 6.76. The fourth-order valence-corrected chi connectivity index (χ4v) is 4.62. The molecule has 0 saturated carbocycles. The van der Waals surface area contributed by atoms with Crippen LogP contribution in [0.1, 0.15) is 46.8 Å². The van der Waals surface area contributed by atoms with Gasteiger partial charge in [0.2, 0.25) is 0 Å². The molecule has 1 amide bonds. The number of carbonyl (C=O) groups is 2. The lowest BCUT2D eigenvalue weighted by molar-refractivity contribution is -0.136. The SMILES string of the molecule is C/C=C(\CCOc1ccc(CCC(=O)O)c2c1CCN(c1cc(F)cc(F)c1)C2)NC(=O)c1ccccc1. The molecule has 198 valence electrons. The number of hydrogen-bond donors (Lipinski definition) is 2. The maximum absolute atomic E-state index is 13.9. The van der Waals surface area contributed by atoms with Crippen molar-refractivity contribution in [3.63, 3.8) is 0 Å². The third-order valence-electron chi connectivity index (χ3n) is 6.57. The zero-order valence-electron chi connectivity index (χ0n) is 21.2. The first-order chi connectivity index (χ1) is 18.3. The molecule has 0 bridgehead atoms. The molecule has 3 aromatic rings. The van der Waals surface area contributed by atoms with Gasteiger partial charge in [-0.3, -0.25) is 9.59 Å². The minimum atomic E-state index is -0.893. The summed E-state index contributed by atoms with van der Waals surface area (Å²) in [6.45, 7) is 3.09. The van der Waals surface area contributed by atoms with Crippen LogP contribution in [0.25, 0.3) is 0 Å². The van der Waals surface area contributed by atoms with E-state index in [2.05, 4.69) is 5.32 Å². The van der Waals surface area contributed by atoms with Crippen molar-refractivity contribution >= 4 is 17.6 Å². The summed E-state index contributed by atoms with van der Waals surface area (Å²) >= 11 is 0. The molecule has 3 aromatic carbocycles. The number of carbonyl (C=O) groups excluding carboxylic acids is 1. The van der Waals surface area contributed by atoms with Gasteiger partial charge in [-0.15, -0.1) is 0 Å². The number of halogens is 2. The summed E-state index contributed by atoms with van der Waals surface area (Å²) in [5.41, 5.74) is 4.52. The van der Waals surface area contributed by atoms with E-state index >= 15 is 0 Å². The van der Waals surface area contributed by atoms with Crippen molar-refractivity contribution in [3.8, 4) is 5.75 Å². The molecule has 0 fully saturated rings. The average molecular weight is 521 g/mol. The fourth-order valence-electron chi connectivity index (χ4n) is 4.62. The molecule has 0 unspecified atom stereocenters. The van der Waals surface area contributed by atoms with Crippen molar-refractivity contribution in [1.82, 2.24) is 5.32 Å². The first-order valence-electron chi connectivity index (χ1n) is 12.5. The number of anilines is 1. The van der Waals surface area contributed by atoms with Gasteiger partial charge in [0.25, 0.3) is 5.91 Å². The van der Waals surface area contributed by atoms with Crippen LogP contribution in [0, 0.1) is 11.6 Å². The Morgan fingerprint density at radius 3 is 2.45 bits per heavy atom. The van der Waals surface area contributed by atoms with Gasteiger partial charge in [-0.05, 0) is 61.2 Å². The van der Waals surface area contributed by atoms with Gasteiger partial charge in [-0.25, -0.2) is 8.78 Å². The summed E-state index contributed by atoms with van der Waals surface area (Å²) in [7, 11) is 0. The smallest absolute Gasteiger partial charge is 0.303 e. The molecule has 1 heterocycles. The second-order valence-electron chi connectivity index (χ2n) is 9.11. The average Bonchev–Trinajstić information content (AvgIpc) is 2.91. The van der Waals surface area contributed by atoms with E-state index in [1.165, 1.54) is 12.1 Å². The van der Waals surface area contributed by atoms with E-state index in [1.54, 1.807) is 12.1 Å². The third-order valence-corrected chi connectivity index (χ3v) is 6.57. The summed E-state index contributed by atoms with van der Waals surface area (Å²) in [6, 6.07) is 16.1. The molecule has 0 saturated heterocycles. The van der Waals surface area contributed by atoms with Crippen molar-refractivity contribution in [2.45, 2.75) is 39.2 Å². The number of allylic oxidation sites excluding steroid dienone is 1. The molecule has 1 aliphatic rings. The summed E-state index contributed by atoms with van der Waals surface area (Å²) in [5.74, 6) is -1.68. The highest BCUT2D eigenvalue weighted by Gasteiger charge is 2.24. The molecule has 0 atom stereocenters. The van der Waals surface area contributed by atoms with Gasteiger partial charge >= 0.3 is 5.97 Å². The number of ether oxygens (including phenoxy) is 1.